The van der Waals surface area contributed by atoms with Crippen molar-refractivity contribution in [3.63, 3.8) is 0 Å². The van der Waals surface area contributed by atoms with Crippen molar-refractivity contribution in [2.24, 2.45) is 50.2 Å². The Kier molecular flexibility index (Phi) is 15.3. The number of carbonyl (C=O) groups excluding carboxylic acids is 6. The molecule has 1 saturated heterocycles. The Morgan fingerprint density at radius 3 is 1.92 bits per heavy atom. The van der Waals surface area contributed by atoms with Crippen molar-refractivity contribution in [3.05, 3.63) is 83.4 Å². The van der Waals surface area contributed by atoms with E-state index < -0.39 is 98.7 Å². The highest BCUT2D eigenvalue weighted by Crippen LogP contribution is 2.75. The lowest BCUT2D eigenvalue weighted by Gasteiger charge is -2.70. The summed E-state index contributed by atoms with van der Waals surface area (Å²) in [5.41, 5.74) is 0.316. The van der Waals surface area contributed by atoms with Gasteiger partial charge >= 0.3 is 23.9 Å². The van der Waals surface area contributed by atoms with Gasteiger partial charge in [0.25, 0.3) is 9.70 Å². The predicted molar refractivity (Wildman–Crippen MR) is 274 cm³/mol. The number of fused-ring (bicyclic) bond motifs is 7. The maximum atomic E-state index is 15.4. The van der Waals surface area contributed by atoms with Gasteiger partial charge in [-0.2, -0.15) is 0 Å². The molecule has 6 aliphatic rings. The van der Waals surface area contributed by atoms with Crippen LogP contribution >= 0.6 is 34.8 Å². The molecule has 5 aliphatic carbocycles. The number of benzene rings is 2. The fourth-order valence-electron chi connectivity index (χ4n) is 15.0. The average Bonchev–Trinajstić information content (AvgIpc) is 3.31. The first-order chi connectivity index (χ1) is 34.1. The second-order valence-electron chi connectivity index (χ2n) is 23.8. The number of esters is 4. The number of hydrogen-bond acceptors (Lipinski definition) is 12. The van der Waals surface area contributed by atoms with E-state index in [1.807, 2.05) is 66.7 Å². The minimum atomic E-state index is -2.46. The Morgan fingerprint density at radius 1 is 0.753 bits per heavy atom. The molecular formula is C57H72Cl3NO12. The van der Waals surface area contributed by atoms with Crippen LogP contribution in [0, 0.1) is 50.2 Å². The van der Waals surface area contributed by atoms with Crippen molar-refractivity contribution >= 4 is 70.4 Å². The molecule has 2 aromatic rings. The van der Waals surface area contributed by atoms with Crippen LogP contribution in [-0.2, 0) is 57.2 Å². The number of hydrogen-bond donors (Lipinski definition) is 1. The summed E-state index contributed by atoms with van der Waals surface area (Å²) >= 11 is 18.2. The van der Waals surface area contributed by atoms with Crippen LogP contribution in [0.25, 0.3) is 0 Å². The Balaban J connectivity index is 1.08. The third-order valence-electron chi connectivity index (χ3n) is 19.0. The van der Waals surface area contributed by atoms with E-state index in [2.05, 4.69) is 53.8 Å². The highest BCUT2D eigenvalue weighted by molar-refractivity contribution is 6.76. The molecule has 2 aromatic carbocycles. The topological polar surface area (TPSA) is 170 Å². The van der Waals surface area contributed by atoms with Crippen molar-refractivity contribution in [1.29, 1.82) is 0 Å². The van der Waals surface area contributed by atoms with E-state index >= 15 is 4.79 Å². The minimum Gasteiger partial charge on any atom is -0.463 e. The normalized spacial score (nSPS) is 37.7. The molecule has 1 aliphatic heterocycles. The summed E-state index contributed by atoms with van der Waals surface area (Å²) in [6, 6.07) is 18.4. The van der Waals surface area contributed by atoms with Gasteiger partial charge in [0.2, 0.25) is 0 Å². The molecule has 398 valence electrons. The zero-order valence-electron chi connectivity index (χ0n) is 43.7. The lowest BCUT2D eigenvalue weighted by molar-refractivity contribution is -0.308. The lowest BCUT2D eigenvalue weighted by atomic mass is 9.33. The first-order valence-corrected chi connectivity index (χ1v) is 26.9. The molecule has 5 fully saturated rings. The molecule has 4 saturated carbocycles. The molecular weight excluding hydrogens is 997 g/mol. The largest absolute Gasteiger partial charge is 0.463 e. The summed E-state index contributed by atoms with van der Waals surface area (Å²) in [5, 5.41) is 2.63. The molecule has 0 unspecified atom stereocenters. The lowest BCUT2D eigenvalue weighted by Crippen LogP contribution is -2.69. The maximum Gasteiger partial charge on any atom is 0.312 e. The second kappa shape index (κ2) is 20.2. The monoisotopic (exact) mass is 1070 g/mol. The number of halogens is 3. The molecule has 13 nitrogen and oxygen atoms in total. The standard InChI is InChI=1S/C57H72Cl3NO12/c1-32(62)68-31-40-45(69-33(2)63)46(70-34(3)64)43(61-49(66)57(58,59)60)48(71-40)72-42-22-23-54(8)41(51(42,4)5)21-24-56(10)47(54)39(65)29-37-38-30-53(7,26-25-52(38,6)27-28-55(37,56)9)50(67)73-44(35-17-13-11-14-18-35)36-19-15-12-16-20-36/h11-20,29,38,40-48H,21-28,30-31H2,1-10H3,(H,61,66)/t38-,40+,41-,42-,43+,45+,46+,47+,48-,52+,53-,54-,55+,56+/m0/s1. The number of ketones is 1. The average molecular weight is 1070 g/mol. The van der Waals surface area contributed by atoms with E-state index in [0.717, 1.165) is 57.1 Å². The van der Waals surface area contributed by atoms with E-state index in [9.17, 15) is 24.0 Å². The van der Waals surface area contributed by atoms with E-state index in [-0.39, 0.29) is 40.3 Å². The summed E-state index contributed by atoms with van der Waals surface area (Å²) in [7, 11) is 0. The summed E-state index contributed by atoms with van der Waals surface area (Å²) in [4.78, 5) is 80.9. The number of ether oxygens (including phenoxy) is 6. The summed E-state index contributed by atoms with van der Waals surface area (Å²) in [5.74, 6) is -3.68. The third-order valence-corrected chi connectivity index (χ3v) is 19.5. The van der Waals surface area contributed by atoms with Gasteiger partial charge in [-0.25, -0.2) is 0 Å². The first-order valence-electron chi connectivity index (χ1n) is 25.8. The van der Waals surface area contributed by atoms with Crippen LogP contribution < -0.4 is 5.32 Å². The minimum absolute atomic E-state index is 0.00343. The van der Waals surface area contributed by atoms with Crippen molar-refractivity contribution in [3.8, 4) is 0 Å². The smallest absolute Gasteiger partial charge is 0.312 e. The van der Waals surface area contributed by atoms with Crippen LogP contribution in [0.2, 0.25) is 0 Å². The molecule has 1 amide bonds. The van der Waals surface area contributed by atoms with Crippen molar-refractivity contribution in [2.45, 2.75) is 174 Å². The van der Waals surface area contributed by atoms with Crippen LogP contribution in [0.3, 0.4) is 0 Å². The van der Waals surface area contributed by atoms with Gasteiger partial charge in [0, 0.05) is 26.7 Å². The Hall–Kier alpha value is -4.01. The highest BCUT2D eigenvalue weighted by atomic mass is 35.6. The number of rotatable bonds is 11. The molecule has 1 N–H and O–H groups in total. The second-order valence-corrected chi connectivity index (χ2v) is 26.1. The molecule has 14 atom stereocenters. The quantitative estimate of drug-likeness (QED) is 0.0979. The SMILES string of the molecule is CC(=O)OC[C@H]1O[C@@H](O[C@H]2CC[C@]3(C)[C@H]4C(=O)C=C5[C@@H]6C[C@@](C)(C(=O)OC(c7ccccc7)c7ccccc7)CC[C@]6(C)CC[C@@]5(C)[C@]4(C)CC[C@H]3C2(C)C)[C@H](NC(=O)C(Cl)(Cl)Cl)[C@@H](OC(C)=O)[C@@H]1OC(C)=O. The molecule has 0 spiro atoms. The Labute approximate surface area is 444 Å². The van der Waals surface area contributed by atoms with Crippen molar-refractivity contribution in [1.82, 2.24) is 5.32 Å². The predicted octanol–water partition coefficient (Wildman–Crippen LogP) is 10.7. The molecule has 16 heteroatoms. The third kappa shape index (κ3) is 10.1. The van der Waals surface area contributed by atoms with Gasteiger partial charge < -0.3 is 33.7 Å². The number of nitrogens with one attached hydrogen (secondary N) is 1. The zero-order valence-corrected chi connectivity index (χ0v) is 46.0. The molecule has 0 bridgehead atoms. The van der Waals surface area contributed by atoms with Crippen LogP contribution in [0.4, 0.5) is 0 Å². The number of alkyl halides is 3. The van der Waals surface area contributed by atoms with Crippen molar-refractivity contribution < 1.29 is 57.2 Å². The van der Waals surface area contributed by atoms with Gasteiger partial charge in [0.1, 0.15) is 18.8 Å². The number of amides is 1. The summed E-state index contributed by atoms with van der Waals surface area (Å²) in [6.07, 6.45) is 2.18. The Morgan fingerprint density at radius 2 is 1.34 bits per heavy atom. The van der Waals surface area contributed by atoms with E-state index in [1.54, 1.807) is 0 Å². The van der Waals surface area contributed by atoms with Gasteiger partial charge in [0.05, 0.1) is 11.5 Å². The van der Waals surface area contributed by atoms with Gasteiger partial charge in [-0.1, -0.05) is 143 Å². The maximum absolute atomic E-state index is 15.4. The van der Waals surface area contributed by atoms with Gasteiger partial charge in [-0.3, -0.25) is 28.8 Å². The van der Waals surface area contributed by atoms with E-state index in [1.165, 1.54) is 12.5 Å². The summed E-state index contributed by atoms with van der Waals surface area (Å²) < 4.78 is 34.3. The molecule has 1 heterocycles. The molecule has 73 heavy (non-hydrogen) atoms. The van der Waals surface area contributed by atoms with Crippen LogP contribution in [-0.4, -0.2) is 82.7 Å². The fraction of sp³-hybridized carbons (Fsp3) is 0.649. The summed E-state index contributed by atoms with van der Waals surface area (Å²) in [6.45, 7) is 18.8. The number of carbonyl (C=O) groups is 6. The first kappa shape index (κ1) is 55.2. The van der Waals surface area contributed by atoms with Crippen LogP contribution in [0.15, 0.2) is 72.3 Å². The molecule has 8 rings (SSSR count). The van der Waals surface area contributed by atoms with Gasteiger partial charge in [-0.15, -0.1) is 0 Å². The van der Waals surface area contributed by atoms with Gasteiger partial charge in [-0.05, 0) is 121 Å². The number of allylic oxidation sites excluding steroid dienone is 2. The Bertz CT molecular complexity index is 2460. The molecule has 0 radical (unpaired) electrons. The van der Waals surface area contributed by atoms with Crippen LogP contribution in [0.1, 0.15) is 144 Å². The zero-order chi connectivity index (χ0) is 53.3. The highest BCUT2D eigenvalue weighted by Gasteiger charge is 2.71. The van der Waals surface area contributed by atoms with E-state index in [0.29, 0.717) is 25.7 Å². The molecule has 0 aromatic heterocycles. The van der Waals surface area contributed by atoms with E-state index in [4.69, 9.17) is 63.2 Å². The fourth-order valence-corrected chi connectivity index (χ4v) is 15.1. The van der Waals surface area contributed by atoms with Crippen molar-refractivity contribution in [2.75, 3.05) is 6.61 Å². The van der Waals surface area contributed by atoms with Gasteiger partial charge in [0.15, 0.2) is 30.4 Å². The van der Waals surface area contributed by atoms with Crippen LogP contribution in [0.5, 0.6) is 0 Å².